The number of fused-ring (bicyclic) bond motifs is 2. The highest BCUT2D eigenvalue weighted by atomic mass is 35.5. The van der Waals surface area contributed by atoms with Crippen molar-refractivity contribution in [3.05, 3.63) is 68.6 Å². The quantitative estimate of drug-likeness (QED) is 0.352. The highest BCUT2D eigenvalue weighted by Crippen LogP contribution is 2.34. The molecule has 4 aromatic rings. The van der Waals surface area contributed by atoms with Crippen molar-refractivity contribution >= 4 is 51.6 Å². The van der Waals surface area contributed by atoms with Gasteiger partial charge < -0.3 is 19.9 Å². The van der Waals surface area contributed by atoms with Gasteiger partial charge in [0.1, 0.15) is 17.8 Å². The summed E-state index contributed by atoms with van der Waals surface area (Å²) in [6, 6.07) is 10.7. The van der Waals surface area contributed by atoms with Gasteiger partial charge in [0.25, 0.3) is 0 Å². The lowest BCUT2D eigenvalue weighted by Crippen LogP contribution is -2.37. The van der Waals surface area contributed by atoms with Gasteiger partial charge in [-0.25, -0.2) is 14.3 Å². The van der Waals surface area contributed by atoms with Gasteiger partial charge in [0.05, 0.1) is 33.4 Å². The maximum absolute atomic E-state index is 12.9. The molecule has 0 unspecified atom stereocenters. The van der Waals surface area contributed by atoms with Crippen molar-refractivity contribution < 1.29 is 4.74 Å². The molecule has 12 heteroatoms. The molecule has 2 aromatic carbocycles. The lowest BCUT2D eigenvalue weighted by molar-refractivity contribution is 0.303. The van der Waals surface area contributed by atoms with Gasteiger partial charge in [-0.3, -0.25) is 10.4 Å². The van der Waals surface area contributed by atoms with E-state index in [1.807, 2.05) is 18.2 Å². The van der Waals surface area contributed by atoms with Crippen LogP contribution in [0.2, 0.25) is 10.0 Å². The predicted molar refractivity (Wildman–Crippen MR) is 141 cm³/mol. The first kappa shape index (κ1) is 24.1. The van der Waals surface area contributed by atoms with E-state index < -0.39 is 5.69 Å². The Morgan fingerprint density at radius 2 is 2.00 bits per heavy atom. The van der Waals surface area contributed by atoms with E-state index in [1.54, 1.807) is 18.2 Å². The number of hydrogen-bond acceptors (Lipinski definition) is 8. The third-order valence-corrected chi connectivity index (χ3v) is 6.46. The van der Waals surface area contributed by atoms with Crippen LogP contribution in [0, 0.1) is 5.41 Å². The molecule has 0 atom stereocenters. The van der Waals surface area contributed by atoms with Crippen LogP contribution in [0.1, 0.15) is 0 Å². The molecule has 0 saturated carbocycles. The summed E-state index contributed by atoms with van der Waals surface area (Å²) < 4.78 is 6.99. The second-order valence-electron chi connectivity index (χ2n) is 8.59. The molecular formula is C24H24Cl2N8O2. The Kier molecular flexibility index (Phi) is 6.57. The number of nitrogens with zero attached hydrogens (tertiary/aromatic N) is 5. The number of halogens is 2. The number of benzene rings is 2. The number of rotatable bonds is 6. The van der Waals surface area contributed by atoms with Crippen molar-refractivity contribution in [2.45, 2.75) is 0 Å². The molecular weight excluding hydrogens is 503 g/mol. The number of likely N-dealkylation sites (N-methyl/N-ethyl adjacent to an activating group) is 1. The lowest BCUT2D eigenvalue weighted by atomic mass is 10.2. The van der Waals surface area contributed by atoms with Crippen LogP contribution in [-0.4, -0.2) is 64.8 Å². The number of hydrogen-bond donors (Lipinski definition) is 3. The van der Waals surface area contributed by atoms with E-state index in [0.29, 0.717) is 12.0 Å². The average molecular weight is 527 g/mol. The zero-order chi connectivity index (χ0) is 25.4. The number of nitrogens with one attached hydrogen (secondary N) is 3. The normalized spacial score (nSPS) is 13.1. The molecule has 0 amide bonds. The first-order chi connectivity index (χ1) is 17.3. The van der Waals surface area contributed by atoms with Crippen molar-refractivity contribution in [2.24, 2.45) is 0 Å². The van der Waals surface area contributed by atoms with E-state index in [1.165, 1.54) is 6.20 Å². The average Bonchev–Trinajstić information content (AvgIpc) is 2.84. The van der Waals surface area contributed by atoms with Crippen LogP contribution in [0.25, 0.3) is 16.7 Å². The minimum atomic E-state index is -0.591. The zero-order valence-electron chi connectivity index (χ0n) is 19.7. The van der Waals surface area contributed by atoms with Crippen LogP contribution in [0.4, 0.5) is 17.3 Å². The number of anilines is 3. The second-order valence-corrected chi connectivity index (χ2v) is 9.40. The molecule has 10 nitrogen and oxygen atoms in total. The summed E-state index contributed by atoms with van der Waals surface area (Å²) in [4.78, 5) is 28.8. The molecule has 0 bridgehead atoms. The van der Waals surface area contributed by atoms with Crippen LogP contribution in [0.5, 0.6) is 5.75 Å². The third kappa shape index (κ3) is 4.62. The van der Waals surface area contributed by atoms with E-state index in [9.17, 15) is 4.79 Å². The van der Waals surface area contributed by atoms with Gasteiger partial charge in [0.2, 0.25) is 5.95 Å². The first-order valence-electron chi connectivity index (χ1n) is 11.3. The largest absolute Gasteiger partial charge is 0.489 e. The van der Waals surface area contributed by atoms with Gasteiger partial charge in [-0.1, -0.05) is 29.3 Å². The highest BCUT2D eigenvalue weighted by Gasteiger charge is 2.19. The maximum Gasteiger partial charge on any atom is 0.333 e. The Bertz CT molecular complexity index is 1550. The Labute approximate surface area is 216 Å². The lowest BCUT2D eigenvalue weighted by Gasteiger charge is -2.32. The van der Waals surface area contributed by atoms with Crippen molar-refractivity contribution in [1.29, 1.82) is 5.41 Å². The topological polar surface area (TPSA) is 115 Å². The Morgan fingerprint density at radius 3 is 2.75 bits per heavy atom. The molecule has 0 aliphatic carbocycles. The summed E-state index contributed by atoms with van der Waals surface area (Å²) in [5.41, 5.74) is 1.50. The molecule has 0 spiro atoms. The minimum Gasteiger partial charge on any atom is -0.489 e. The molecule has 3 heterocycles. The molecule has 0 saturated heterocycles. The molecule has 2 aromatic heterocycles. The fraction of sp³-hybridized carbons (Fsp3) is 0.250. The highest BCUT2D eigenvalue weighted by molar-refractivity contribution is 6.37. The summed E-state index contributed by atoms with van der Waals surface area (Å²) in [5.74, 6) is 1.05. The molecule has 186 valence electrons. The fourth-order valence-corrected chi connectivity index (χ4v) is 4.61. The van der Waals surface area contributed by atoms with Crippen LogP contribution in [0.15, 0.2) is 47.4 Å². The predicted octanol–water partition coefficient (Wildman–Crippen LogP) is 3.40. The smallest absolute Gasteiger partial charge is 0.333 e. The van der Waals surface area contributed by atoms with E-state index in [-0.39, 0.29) is 32.8 Å². The van der Waals surface area contributed by atoms with Gasteiger partial charge in [-0.05, 0) is 38.4 Å². The summed E-state index contributed by atoms with van der Waals surface area (Å²) in [6.07, 6.45) is 1.47. The monoisotopic (exact) mass is 526 g/mol. The summed E-state index contributed by atoms with van der Waals surface area (Å²) in [7, 11) is 4.11. The van der Waals surface area contributed by atoms with Crippen molar-refractivity contribution in [1.82, 2.24) is 24.4 Å². The van der Waals surface area contributed by atoms with Gasteiger partial charge in [0.15, 0.2) is 5.65 Å². The molecule has 1 aliphatic heterocycles. The van der Waals surface area contributed by atoms with Gasteiger partial charge in [0, 0.05) is 31.0 Å². The Balaban J connectivity index is 1.45. The minimum absolute atomic E-state index is 0.129. The standard InChI is InChI=1S/C24H24Cl2N8O2/c1-32(2)8-9-33-10-11-36-19-12-14(6-7-18(19)33)29-23-28-13-15-21(27)34(24(35)31-22(15)30-23)20-16(25)4-3-5-17(20)26/h3-7,12-13,27H,8-11H2,1-2H3,(H2,28,29,30,31,35). The first-order valence-corrected chi connectivity index (χ1v) is 12.0. The summed E-state index contributed by atoms with van der Waals surface area (Å²) in [6.45, 7) is 3.30. The van der Waals surface area contributed by atoms with Gasteiger partial charge in [-0.2, -0.15) is 4.98 Å². The molecule has 0 fully saturated rings. The summed E-state index contributed by atoms with van der Waals surface area (Å²) in [5, 5.41) is 12.6. The maximum atomic E-state index is 12.9. The molecule has 1 aliphatic rings. The number of aromatic amines is 1. The number of aromatic nitrogens is 4. The van der Waals surface area contributed by atoms with Crippen molar-refractivity contribution in [3.8, 4) is 11.4 Å². The Morgan fingerprint density at radius 1 is 1.22 bits per heavy atom. The number of H-pyrrole nitrogens is 1. The van der Waals surface area contributed by atoms with Crippen molar-refractivity contribution in [2.75, 3.05) is 50.6 Å². The molecule has 36 heavy (non-hydrogen) atoms. The SMILES string of the molecule is CN(C)CCN1CCOc2cc(Nc3ncc4c(=N)n(-c5c(Cl)cccc5Cl)c(=O)[nH]c4n3)ccc21. The van der Waals surface area contributed by atoms with E-state index >= 15 is 0 Å². The van der Waals surface area contributed by atoms with E-state index in [0.717, 1.165) is 41.3 Å². The van der Waals surface area contributed by atoms with Crippen LogP contribution in [0.3, 0.4) is 0 Å². The third-order valence-electron chi connectivity index (χ3n) is 5.85. The van der Waals surface area contributed by atoms with Crippen LogP contribution in [-0.2, 0) is 0 Å². The molecule has 5 rings (SSSR count). The molecule has 3 N–H and O–H groups in total. The zero-order valence-corrected chi connectivity index (χ0v) is 21.2. The molecule has 0 radical (unpaired) electrons. The van der Waals surface area contributed by atoms with Gasteiger partial charge in [-0.15, -0.1) is 0 Å². The van der Waals surface area contributed by atoms with E-state index in [2.05, 4.69) is 44.2 Å². The van der Waals surface area contributed by atoms with Gasteiger partial charge >= 0.3 is 5.69 Å². The number of ether oxygens (including phenoxy) is 1. The fourth-order valence-electron chi connectivity index (χ4n) is 4.04. The Hall–Kier alpha value is -3.60. The number of para-hydroxylation sites is 1. The van der Waals surface area contributed by atoms with Crippen molar-refractivity contribution in [3.63, 3.8) is 0 Å². The summed E-state index contributed by atoms with van der Waals surface area (Å²) >= 11 is 12.5. The van der Waals surface area contributed by atoms with Crippen LogP contribution >= 0.6 is 23.2 Å². The second kappa shape index (κ2) is 9.81. The van der Waals surface area contributed by atoms with Crippen LogP contribution < -0.4 is 26.1 Å². The van der Waals surface area contributed by atoms with E-state index in [4.69, 9.17) is 33.3 Å².